The Morgan fingerprint density at radius 1 is 1.30 bits per heavy atom. The van der Waals surface area contributed by atoms with Crippen molar-refractivity contribution in [3.05, 3.63) is 68.7 Å². The molecule has 10 heteroatoms. The highest BCUT2D eigenvalue weighted by atomic mass is 32.2. The van der Waals surface area contributed by atoms with Gasteiger partial charge in [0.1, 0.15) is 5.70 Å². The largest absolute Gasteiger partial charge is 0.490 e. The zero-order chi connectivity index (χ0) is 21.3. The topological polar surface area (TPSA) is 109 Å². The van der Waals surface area contributed by atoms with Crippen molar-refractivity contribution < 1.29 is 14.5 Å². The van der Waals surface area contributed by atoms with Gasteiger partial charge in [0.25, 0.3) is 5.91 Å². The molecule has 0 radical (unpaired) electrons. The van der Waals surface area contributed by atoms with Crippen LogP contribution in [0.15, 0.2) is 52.6 Å². The van der Waals surface area contributed by atoms with Gasteiger partial charge in [-0.15, -0.1) is 5.10 Å². The molecule has 1 amide bonds. The summed E-state index contributed by atoms with van der Waals surface area (Å²) in [4.78, 5) is 28.7. The number of carbonyl (C=O) groups is 1. The van der Waals surface area contributed by atoms with E-state index in [0.29, 0.717) is 27.0 Å². The quantitative estimate of drug-likeness (QED) is 0.579. The molecular formula is C20H19N5O4S. The molecule has 2 aliphatic heterocycles. The van der Waals surface area contributed by atoms with Crippen LogP contribution in [-0.2, 0) is 4.79 Å². The summed E-state index contributed by atoms with van der Waals surface area (Å²) in [5.41, 5.74) is 0.731. The molecule has 0 bridgehead atoms. The number of para-hydroxylation sites is 1. The zero-order valence-electron chi connectivity index (χ0n) is 16.4. The van der Waals surface area contributed by atoms with E-state index in [0.717, 1.165) is 12.2 Å². The van der Waals surface area contributed by atoms with Crippen molar-refractivity contribution in [2.24, 2.45) is 10.1 Å². The van der Waals surface area contributed by atoms with Crippen LogP contribution in [0, 0.1) is 10.1 Å². The highest BCUT2D eigenvalue weighted by molar-refractivity contribution is 8.13. The number of hydrogen-bond acceptors (Lipinski definition) is 8. The Hall–Kier alpha value is -3.40. The first-order valence-electron chi connectivity index (χ1n) is 9.35. The van der Waals surface area contributed by atoms with Crippen LogP contribution in [0.2, 0.25) is 0 Å². The van der Waals surface area contributed by atoms with Crippen LogP contribution in [0.3, 0.4) is 0 Å². The lowest BCUT2D eigenvalue weighted by molar-refractivity contribution is -0.385. The predicted octanol–water partition coefficient (Wildman–Crippen LogP) is 1.89. The number of hydrazone groups is 1. The second kappa shape index (κ2) is 8.15. The molecule has 1 unspecified atom stereocenters. The van der Waals surface area contributed by atoms with Gasteiger partial charge in [-0.25, -0.2) is 5.01 Å². The first-order valence-corrected chi connectivity index (χ1v) is 10.3. The molecule has 1 atom stereocenters. The van der Waals surface area contributed by atoms with Gasteiger partial charge in [-0.3, -0.25) is 25.2 Å². The summed E-state index contributed by atoms with van der Waals surface area (Å²) in [7, 11) is 1.38. The van der Waals surface area contributed by atoms with Crippen molar-refractivity contribution in [2.45, 2.75) is 19.5 Å². The minimum Gasteiger partial charge on any atom is -0.490 e. The smallest absolute Gasteiger partial charge is 0.311 e. The highest BCUT2D eigenvalue weighted by Gasteiger charge is 2.35. The van der Waals surface area contributed by atoms with Gasteiger partial charge in [-0.1, -0.05) is 43.0 Å². The lowest BCUT2D eigenvalue weighted by atomic mass is 10.1. The highest BCUT2D eigenvalue weighted by Crippen LogP contribution is 2.35. The van der Waals surface area contributed by atoms with E-state index in [4.69, 9.17) is 9.73 Å². The molecule has 2 aliphatic rings. The Labute approximate surface area is 176 Å². The van der Waals surface area contributed by atoms with Gasteiger partial charge in [0.05, 0.1) is 17.4 Å². The Morgan fingerprint density at radius 3 is 2.83 bits per heavy atom. The Morgan fingerprint density at radius 2 is 2.10 bits per heavy atom. The molecule has 2 aromatic rings. The van der Waals surface area contributed by atoms with Crippen LogP contribution >= 0.6 is 11.8 Å². The number of amidine groups is 1. The van der Waals surface area contributed by atoms with E-state index < -0.39 is 11.1 Å². The number of nitro benzene ring substituents is 1. The summed E-state index contributed by atoms with van der Waals surface area (Å²) in [5, 5.41) is 22.3. The van der Waals surface area contributed by atoms with Crippen LogP contribution in [0.4, 0.5) is 5.69 Å². The van der Waals surface area contributed by atoms with Gasteiger partial charge in [0.15, 0.2) is 17.1 Å². The van der Waals surface area contributed by atoms with Crippen LogP contribution < -0.4 is 20.6 Å². The maximum Gasteiger partial charge on any atom is 0.311 e. The molecule has 0 saturated carbocycles. The molecule has 0 aromatic heterocycles. The Kier molecular flexibility index (Phi) is 5.40. The van der Waals surface area contributed by atoms with E-state index in [1.54, 1.807) is 11.1 Å². The summed E-state index contributed by atoms with van der Waals surface area (Å²) in [5.74, 6) is 0.677. The first-order chi connectivity index (χ1) is 14.5. The zero-order valence-corrected chi connectivity index (χ0v) is 17.2. The first kappa shape index (κ1) is 19.9. The maximum atomic E-state index is 13.0. The fourth-order valence-electron chi connectivity index (χ4n) is 3.32. The summed E-state index contributed by atoms with van der Waals surface area (Å²) in [6.07, 6.45) is 0.208. The number of rotatable bonds is 5. The number of carbonyl (C=O) groups excluding carboxylic acids is 1. The number of nitrogens with zero attached hydrogens (tertiary/aromatic N) is 4. The fraction of sp³-hybridized carbons (Fsp3) is 0.250. The molecule has 9 nitrogen and oxygen atoms in total. The number of methoxy groups -OCH3 is 1. The summed E-state index contributed by atoms with van der Waals surface area (Å²) < 4.78 is 5.10. The molecule has 0 saturated heterocycles. The van der Waals surface area contributed by atoms with Crippen molar-refractivity contribution >= 4 is 34.2 Å². The van der Waals surface area contributed by atoms with Crippen LogP contribution in [0.25, 0.3) is 5.70 Å². The molecular weight excluding hydrogens is 406 g/mol. The molecule has 0 fully saturated rings. The van der Waals surface area contributed by atoms with Gasteiger partial charge in [-0.2, -0.15) is 0 Å². The van der Waals surface area contributed by atoms with Crippen molar-refractivity contribution in [1.29, 1.82) is 0 Å². The molecule has 0 aliphatic carbocycles. The van der Waals surface area contributed by atoms with Crippen molar-refractivity contribution in [1.82, 2.24) is 10.3 Å². The van der Waals surface area contributed by atoms with E-state index >= 15 is 0 Å². The van der Waals surface area contributed by atoms with Gasteiger partial charge < -0.3 is 4.74 Å². The van der Waals surface area contributed by atoms with Crippen LogP contribution in [0.5, 0.6) is 5.75 Å². The molecule has 2 heterocycles. The third-order valence-corrected chi connectivity index (χ3v) is 5.73. The van der Waals surface area contributed by atoms with E-state index in [9.17, 15) is 14.9 Å². The molecule has 0 spiro atoms. The fourth-order valence-corrected chi connectivity index (χ4v) is 4.03. The van der Waals surface area contributed by atoms with E-state index in [-0.39, 0.29) is 17.3 Å². The standard InChI is InChI=1S/C20H19N5O4S/c1-3-10-30-20-22-19(26)17-13-6-4-5-7-14(13)21-18(24(17)23-20)12-8-9-16(29-2)15(11-12)25(27)28/h4-9,11,18H,3,10H2,1-2H3,(H,22,23,26). The Bertz CT molecular complexity index is 1180. The van der Waals surface area contributed by atoms with Gasteiger partial charge >= 0.3 is 5.69 Å². The van der Waals surface area contributed by atoms with E-state index in [1.807, 2.05) is 31.2 Å². The van der Waals surface area contributed by atoms with Gasteiger partial charge in [-0.05, 0) is 18.6 Å². The van der Waals surface area contributed by atoms with Crippen LogP contribution in [0.1, 0.15) is 25.1 Å². The lowest BCUT2D eigenvalue weighted by Gasteiger charge is -2.34. The predicted molar refractivity (Wildman–Crippen MR) is 113 cm³/mol. The van der Waals surface area contributed by atoms with Crippen molar-refractivity contribution in [3.63, 3.8) is 0 Å². The molecule has 1 N–H and O–H groups in total. The SMILES string of the molecule is CCCSC1=NN2C(=c3ccccc3=NC2c2ccc(OC)c([N+](=O)[O-])c2)C(=O)N1. The molecule has 2 aromatic carbocycles. The average Bonchev–Trinajstić information content (AvgIpc) is 2.76. The molecule has 4 rings (SSSR count). The maximum absolute atomic E-state index is 13.0. The minimum atomic E-state index is -0.720. The molecule has 154 valence electrons. The number of fused-ring (bicyclic) bond motifs is 2. The van der Waals surface area contributed by atoms with Gasteiger partial charge in [0.2, 0.25) is 0 Å². The van der Waals surface area contributed by atoms with Crippen molar-refractivity contribution in [3.8, 4) is 5.75 Å². The number of thioether (sulfide) groups is 1. The summed E-state index contributed by atoms with van der Waals surface area (Å²) in [6.45, 7) is 2.04. The van der Waals surface area contributed by atoms with E-state index in [2.05, 4.69) is 10.4 Å². The second-order valence-electron chi connectivity index (χ2n) is 6.61. The molecule has 30 heavy (non-hydrogen) atoms. The number of ether oxygens (including phenoxy) is 1. The lowest BCUT2D eigenvalue weighted by Crippen LogP contribution is -2.50. The number of nitrogens with one attached hydrogen (secondary N) is 1. The van der Waals surface area contributed by atoms with Crippen LogP contribution in [-0.4, -0.2) is 33.9 Å². The van der Waals surface area contributed by atoms with Crippen molar-refractivity contribution in [2.75, 3.05) is 12.9 Å². The second-order valence-corrected chi connectivity index (χ2v) is 7.69. The normalized spacial score (nSPS) is 17.3. The minimum absolute atomic E-state index is 0.156. The number of benzene rings is 2. The summed E-state index contributed by atoms with van der Waals surface area (Å²) in [6, 6.07) is 11.9. The third kappa shape index (κ3) is 3.50. The average molecular weight is 425 g/mol. The summed E-state index contributed by atoms with van der Waals surface area (Å²) >= 11 is 1.44. The Balaban J connectivity index is 1.90. The monoisotopic (exact) mass is 425 g/mol. The third-order valence-electron chi connectivity index (χ3n) is 4.66. The number of hydrogen-bond donors (Lipinski definition) is 1. The number of nitro groups is 1. The number of amides is 1. The van der Waals surface area contributed by atoms with E-state index in [1.165, 1.54) is 31.0 Å². The van der Waals surface area contributed by atoms with Gasteiger partial charge in [0, 0.05) is 22.6 Å².